The summed E-state index contributed by atoms with van der Waals surface area (Å²) < 4.78 is 2.24. The Balaban J connectivity index is 2.50. The number of aromatic nitrogens is 2. The van der Waals surface area contributed by atoms with Crippen LogP contribution in [-0.2, 0) is 6.54 Å². The zero-order valence-electron chi connectivity index (χ0n) is 6.53. The highest BCUT2D eigenvalue weighted by Crippen LogP contribution is 2.31. The molecule has 0 amide bonds. The van der Waals surface area contributed by atoms with Gasteiger partial charge >= 0.3 is 0 Å². The predicted molar refractivity (Wildman–Crippen MR) is 50.5 cm³/mol. The van der Waals surface area contributed by atoms with E-state index >= 15 is 0 Å². The maximum absolute atomic E-state index is 4.34. The number of imidazole rings is 1. The van der Waals surface area contributed by atoms with Crippen LogP contribution in [-0.4, -0.2) is 15.3 Å². The highest BCUT2D eigenvalue weighted by molar-refractivity contribution is 7.99. The first-order valence-electron chi connectivity index (χ1n) is 4.02. The molecule has 2 heterocycles. The molecule has 1 aliphatic heterocycles. The highest BCUT2D eigenvalue weighted by Gasteiger charge is 2.12. The van der Waals surface area contributed by atoms with Crippen LogP contribution in [0, 0.1) is 0 Å². The molecule has 0 N–H and O–H groups in total. The van der Waals surface area contributed by atoms with Crippen molar-refractivity contribution in [2.24, 2.45) is 0 Å². The van der Waals surface area contributed by atoms with Gasteiger partial charge in [-0.1, -0.05) is 6.07 Å². The summed E-state index contributed by atoms with van der Waals surface area (Å²) >= 11 is 1.92. The van der Waals surface area contributed by atoms with Crippen molar-refractivity contribution in [3.63, 3.8) is 0 Å². The van der Waals surface area contributed by atoms with Crippen LogP contribution in [0.15, 0.2) is 29.4 Å². The molecule has 2 aromatic rings. The van der Waals surface area contributed by atoms with Gasteiger partial charge in [0, 0.05) is 17.2 Å². The van der Waals surface area contributed by atoms with E-state index in [2.05, 4.69) is 27.8 Å². The summed E-state index contributed by atoms with van der Waals surface area (Å²) in [5.74, 6) is 1.17. The first kappa shape index (κ1) is 6.54. The minimum Gasteiger partial charge on any atom is -0.329 e. The third-order valence-corrected chi connectivity index (χ3v) is 3.22. The lowest BCUT2D eigenvalue weighted by atomic mass is 10.3. The molecule has 0 radical (unpaired) electrons. The van der Waals surface area contributed by atoms with E-state index in [4.69, 9.17) is 0 Å². The Morgan fingerprint density at radius 3 is 3.42 bits per heavy atom. The summed E-state index contributed by atoms with van der Waals surface area (Å²) in [7, 11) is 0. The summed E-state index contributed by atoms with van der Waals surface area (Å²) in [6, 6.07) is 6.32. The molecule has 2 nitrogen and oxygen atoms in total. The number of hydrogen-bond donors (Lipinski definition) is 0. The fraction of sp³-hybridized carbons (Fsp3) is 0.222. The average Bonchev–Trinajstić information content (AvgIpc) is 2.52. The summed E-state index contributed by atoms with van der Waals surface area (Å²) in [4.78, 5) is 5.71. The van der Waals surface area contributed by atoms with Gasteiger partial charge < -0.3 is 4.57 Å². The molecule has 0 saturated heterocycles. The number of aryl methyl sites for hydroxylation is 1. The normalized spacial score (nSPS) is 15.3. The minimum absolute atomic E-state index is 1.10. The van der Waals surface area contributed by atoms with Crippen LogP contribution in [0.3, 0.4) is 0 Å². The fourth-order valence-corrected chi connectivity index (χ4v) is 2.67. The van der Waals surface area contributed by atoms with Crippen molar-refractivity contribution < 1.29 is 0 Å². The Morgan fingerprint density at radius 2 is 2.42 bits per heavy atom. The van der Waals surface area contributed by atoms with Gasteiger partial charge in [-0.3, -0.25) is 0 Å². The van der Waals surface area contributed by atoms with E-state index in [1.807, 2.05) is 18.1 Å². The molecule has 0 spiro atoms. The van der Waals surface area contributed by atoms with Gasteiger partial charge in [0.05, 0.1) is 17.4 Å². The first-order valence-corrected chi connectivity index (χ1v) is 5.00. The molecule has 1 aromatic heterocycles. The molecule has 1 aromatic carbocycles. The molecule has 0 unspecified atom stereocenters. The van der Waals surface area contributed by atoms with Crippen LogP contribution < -0.4 is 0 Å². The van der Waals surface area contributed by atoms with E-state index in [0.29, 0.717) is 0 Å². The topological polar surface area (TPSA) is 17.8 Å². The van der Waals surface area contributed by atoms with Crippen LogP contribution in [0.4, 0.5) is 0 Å². The lowest BCUT2D eigenvalue weighted by Gasteiger charge is -2.13. The monoisotopic (exact) mass is 176 g/mol. The zero-order chi connectivity index (χ0) is 7.97. The smallest absolute Gasteiger partial charge is 0.0958 e. The molecular weight excluding hydrogens is 168 g/mol. The van der Waals surface area contributed by atoms with Gasteiger partial charge in [0.2, 0.25) is 0 Å². The molecule has 12 heavy (non-hydrogen) atoms. The van der Waals surface area contributed by atoms with Gasteiger partial charge in [0.15, 0.2) is 0 Å². The van der Waals surface area contributed by atoms with Crippen LogP contribution in [0.2, 0.25) is 0 Å². The number of nitrogens with zero attached hydrogens (tertiary/aromatic N) is 2. The first-order chi connectivity index (χ1) is 5.95. The molecule has 60 valence electrons. The summed E-state index contributed by atoms with van der Waals surface area (Å²) in [5, 5.41) is 0. The maximum Gasteiger partial charge on any atom is 0.0958 e. The number of hydrogen-bond acceptors (Lipinski definition) is 2. The number of rotatable bonds is 0. The second-order valence-electron chi connectivity index (χ2n) is 2.91. The minimum atomic E-state index is 1.10. The van der Waals surface area contributed by atoms with Crippen LogP contribution in [0.25, 0.3) is 11.0 Å². The van der Waals surface area contributed by atoms with E-state index in [0.717, 1.165) is 12.1 Å². The van der Waals surface area contributed by atoms with Crippen LogP contribution in [0.5, 0.6) is 0 Å². The van der Waals surface area contributed by atoms with Crippen molar-refractivity contribution in [1.29, 1.82) is 0 Å². The molecular formula is C9H8N2S. The summed E-state index contributed by atoms with van der Waals surface area (Å²) in [6.45, 7) is 1.10. The standard InChI is InChI=1S/C9H8N2S/c1-2-7-9-8(3-1)12-5-4-11(9)6-10-7/h1-3,6H,4-5H2. The molecule has 0 aliphatic carbocycles. The zero-order valence-corrected chi connectivity index (χ0v) is 7.34. The Labute approximate surface area is 74.6 Å². The second-order valence-corrected chi connectivity index (χ2v) is 4.05. The lowest BCUT2D eigenvalue weighted by Crippen LogP contribution is -2.03. The maximum atomic E-state index is 4.34. The third kappa shape index (κ3) is 0.743. The third-order valence-electron chi connectivity index (χ3n) is 2.19. The number of benzene rings is 1. The average molecular weight is 176 g/mol. The molecule has 3 rings (SSSR count). The Hall–Kier alpha value is -0.960. The molecule has 0 bridgehead atoms. The molecule has 0 fully saturated rings. The number of para-hydroxylation sites is 1. The Morgan fingerprint density at radius 1 is 1.42 bits per heavy atom. The van der Waals surface area contributed by atoms with E-state index in [1.54, 1.807) is 0 Å². The van der Waals surface area contributed by atoms with E-state index in [-0.39, 0.29) is 0 Å². The number of thioether (sulfide) groups is 1. The molecule has 0 saturated carbocycles. The lowest BCUT2D eigenvalue weighted by molar-refractivity contribution is 0.782. The fourth-order valence-electron chi connectivity index (χ4n) is 1.63. The predicted octanol–water partition coefficient (Wildman–Crippen LogP) is 2.14. The second kappa shape index (κ2) is 2.26. The van der Waals surface area contributed by atoms with E-state index in [9.17, 15) is 0 Å². The SMILES string of the molecule is c1cc2c3c(c1)ncn3CCS2. The van der Waals surface area contributed by atoms with E-state index in [1.165, 1.54) is 16.2 Å². The molecule has 0 atom stereocenters. The van der Waals surface area contributed by atoms with Crippen molar-refractivity contribution in [2.45, 2.75) is 11.4 Å². The Bertz CT molecular complexity index is 433. The van der Waals surface area contributed by atoms with Gasteiger partial charge in [-0.05, 0) is 12.1 Å². The van der Waals surface area contributed by atoms with Crippen molar-refractivity contribution >= 4 is 22.8 Å². The van der Waals surface area contributed by atoms with E-state index < -0.39 is 0 Å². The largest absolute Gasteiger partial charge is 0.329 e. The van der Waals surface area contributed by atoms with Gasteiger partial charge in [-0.2, -0.15) is 0 Å². The van der Waals surface area contributed by atoms with Crippen molar-refractivity contribution in [2.75, 3.05) is 5.75 Å². The molecule has 1 aliphatic rings. The van der Waals surface area contributed by atoms with Gasteiger partial charge in [-0.25, -0.2) is 4.98 Å². The van der Waals surface area contributed by atoms with Crippen molar-refractivity contribution in [1.82, 2.24) is 9.55 Å². The van der Waals surface area contributed by atoms with Gasteiger partial charge in [0.1, 0.15) is 0 Å². The van der Waals surface area contributed by atoms with Gasteiger partial charge in [0.25, 0.3) is 0 Å². The van der Waals surface area contributed by atoms with Crippen LogP contribution in [0.1, 0.15) is 0 Å². The summed E-state index contributed by atoms with van der Waals surface area (Å²) in [5.41, 5.74) is 2.44. The van der Waals surface area contributed by atoms with Crippen LogP contribution >= 0.6 is 11.8 Å². The highest BCUT2D eigenvalue weighted by atomic mass is 32.2. The quantitative estimate of drug-likeness (QED) is 0.612. The van der Waals surface area contributed by atoms with Crippen molar-refractivity contribution in [3.05, 3.63) is 24.5 Å². The van der Waals surface area contributed by atoms with Crippen molar-refractivity contribution in [3.8, 4) is 0 Å². The van der Waals surface area contributed by atoms with Gasteiger partial charge in [-0.15, -0.1) is 11.8 Å². The summed E-state index contributed by atoms with van der Waals surface area (Å²) in [6.07, 6.45) is 1.94. The molecule has 3 heteroatoms. The Kier molecular flexibility index (Phi) is 1.23.